The van der Waals surface area contributed by atoms with Crippen LogP contribution in [-0.4, -0.2) is 37.2 Å². The lowest BCUT2D eigenvalue weighted by molar-refractivity contribution is -0.167. The van der Waals surface area contributed by atoms with Crippen molar-refractivity contribution in [2.75, 3.05) is 13.2 Å². The molecule has 0 aliphatic rings. The molecular weight excluding hydrogens is 817 g/mol. The largest absolute Gasteiger partial charge is 0.462 e. The number of carbonyl (C=O) groups is 3. The van der Waals surface area contributed by atoms with E-state index in [4.69, 9.17) is 14.2 Å². The van der Waals surface area contributed by atoms with Gasteiger partial charge in [-0.2, -0.15) is 0 Å². The zero-order valence-electron chi connectivity index (χ0n) is 43.2. The first kappa shape index (κ1) is 62.6. The van der Waals surface area contributed by atoms with Crippen molar-refractivity contribution in [1.29, 1.82) is 0 Å². The zero-order chi connectivity index (χ0) is 47.9. The SMILES string of the molecule is CC/C=C\C/C=C\C/C=C\C/C=C\C/C=C\CCCC(=O)O[C@@H](COC(=O)CCCCCCCCCCC/C=C\C/C=C\CCCCC)COC(=O)CCCCCCCCCCCCCC. The maximum absolute atomic E-state index is 12.8. The van der Waals surface area contributed by atoms with E-state index in [9.17, 15) is 14.4 Å². The molecule has 0 aromatic carbocycles. The van der Waals surface area contributed by atoms with E-state index in [0.717, 1.165) is 83.5 Å². The van der Waals surface area contributed by atoms with Crippen LogP contribution in [0.5, 0.6) is 0 Å². The zero-order valence-corrected chi connectivity index (χ0v) is 43.2. The van der Waals surface area contributed by atoms with E-state index in [0.29, 0.717) is 19.3 Å². The highest BCUT2D eigenvalue weighted by Crippen LogP contribution is 2.15. The summed E-state index contributed by atoms with van der Waals surface area (Å²) in [6.07, 6.45) is 70.0. The van der Waals surface area contributed by atoms with Crippen molar-refractivity contribution in [3.8, 4) is 0 Å². The van der Waals surface area contributed by atoms with Gasteiger partial charge in [-0.3, -0.25) is 14.4 Å². The highest BCUT2D eigenvalue weighted by Gasteiger charge is 2.19. The molecule has 0 saturated heterocycles. The lowest BCUT2D eigenvalue weighted by atomic mass is 10.0. The lowest BCUT2D eigenvalue weighted by Gasteiger charge is -2.18. The van der Waals surface area contributed by atoms with E-state index in [1.165, 1.54) is 128 Å². The first-order valence-corrected chi connectivity index (χ1v) is 27.6. The average molecular weight is 919 g/mol. The van der Waals surface area contributed by atoms with Gasteiger partial charge in [0.05, 0.1) is 0 Å². The molecule has 0 fully saturated rings. The van der Waals surface area contributed by atoms with Gasteiger partial charge in [-0.05, 0) is 89.9 Å². The highest BCUT2D eigenvalue weighted by atomic mass is 16.6. The van der Waals surface area contributed by atoms with Gasteiger partial charge < -0.3 is 14.2 Å². The first-order chi connectivity index (χ1) is 32.5. The molecule has 0 spiro atoms. The summed E-state index contributed by atoms with van der Waals surface area (Å²) < 4.78 is 16.8. The molecule has 0 N–H and O–H groups in total. The molecule has 0 aromatic rings. The normalized spacial score (nSPS) is 12.7. The summed E-state index contributed by atoms with van der Waals surface area (Å²) >= 11 is 0. The molecule has 0 bridgehead atoms. The van der Waals surface area contributed by atoms with Gasteiger partial charge >= 0.3 is 17.9 Å². The van der Waals surface area contributed by atoms with Crippen LogP contribution in [0.3, 0.4) is 0 Å². The predicted octanol–water partition coefficient (Wildman–Crippen LogP) is 18.4. The van der Waals surface area contributed by atoms with E-state index in [-0.39, 0.29) is 37.5 Å². The van der Waals surface area contributed by atoms with Crippen LogP contribution in [0.25, 0.3) is 0 Å². The number of unbranched alkanes of at least 4 members (excludes halogenated alkanes) is 24. The fourth-order valence-electron chi connectivity index (χ4n) is 7.51. The lowest BCUT2D eigenvalue weighted by Crippen LogP contribution is -2.30. The second kappa shape index (κ2) is 54.2. The molecule has 0 rings (SSSR count). The van der Waals surface area contributed by atoms with Crippen LogP contribution in [0.1, 0.15) is 258 Å². The number of hydrogen-bond donors (Lipinski definition) is 0. The maximum Gasteiger partial charge on any atom is 0.306 e. The van der Waals surface area contributed by atoms with E-state index in [1.807, 2.05) is 0 Å². The summed E-state index contributed by atoms with van der Waals surface area (Å²) in [6, 6.07) is 0. The third-order valence-corrected chi connectivity index (χ3v) is 11.6. The molecule has 0 amide bonds. The third-order valence-electron chi connectivity index (χ3n) is 11.6. The Morgan fingerprint density at radius 3 is 1.00 bits per heavy atom. The Kier molecular flexibility index (Phi) is 51.4. The molecule has 0 saturated carbocycles. The summed E-state index contributed by atoms with van der Waals surface area (Å²) in [5.74, 6) is -0.958. The summed E-state index contributed by atoms with van der Waals surface area (Å²) in [7, 11) is 0. The van der Waals surface area contributed by atoms with Gasteiger partial charge in [-0.1, -0.05) is 234 Å². The van der Waals surface area contributed by atoms with Gasteiger partial charge in [0.25, 0.3) is 0 Å². The van der Waals surface area contributed by atoms with Gasteiger partial charge in [-0.15, -0.1) is 0 Å². The standard InChI is InChI=1S/C60H102O6/c1-4-7-10-13-16-19-22-25-27-29-30-32-33-35-38-41-44-47-50-53-59(62)65-56-57(55-64-58(61)52-49-46-43-40-37-24-21-18-15-12-9-6-3)66-60(63)54-51-48-45-42-39-36-34-31-28-26-23-20-17-14-11-8-5-2/h8,11,16-17,19-20,25-28,34,36,42,45,57H,4-7,9-10,12-15,18,21-24,29-33,35,37-41,43-44,46-56H2,1-3H3/b11-8-,19-16-,20-17-,27-25-,28-26-,36-34-,45-42-/t57-/m1/s1. The van der Waals surface area contributed by atoms with Crippen LogP contribution in [0.2, 0.25) is 0 Å². The summed E-state index contributed by atoms with van der Waals surface area (Å²) in [4.78, 5) is 38.0. The minimum Gasteiger partial charge on any atom is -0.462 e. The van der Waals surface area contributed by atoms with Crippen LogP contribution in [0.15, 0.2) is 85.1 Å². The molecule has 0 aliphatic carbocycles. The third kappa shape index (κ3) is 51.6. The van der Waals surface area contributed by atoms with Crippen molar-refractivity contribution < 1.29 is 28.6 Å². The second-order valence-electron chi connectivity index (χ2n) is 18.1. The molecule has 0 aliphatic heterocycles. The monoisotopic (exact) mass is 919 g/mol. The molecule has 0 unspecified atom stereocenters. The van der Waals surface area contributed by atoms with Gasteiger partial charge in [0.1, 0.15) is 13.2 Å². The Hall–Kier alpha value is -3.41. The molecule has 378 valence electrons. The molecule has 66 heavy (non-hydrogen) atoms. The fourth-order valence-corrected chi connectivity index (χ4v) is 7.51. The molecular formula is C60H102O6. The Morgan fingerprint density at radius 2 is 0.606 bits per heavy atom. The van der Waals surface area contributed by atoms with Crippen molar-refractivity contribution in [1.82, 2.24) is 0 Å². The Morgan fingerprint density at radius 1 is 0.318 bits per heavy atom. The number of esters is 3. The van der Waals surface area contributed by atoms with E-state index in [1.54, 1.807) is 0 Å². The smallest absolute Gasteiger partial charge is 0.306 e. The van der Waals surface area contributed by atoms with Crippen LogP contribution in [0.4, 0.5) is 0 Å². The minimum atomic E-state index is -0.806. The van der Waals surface area contributed by atoms with Crippen molar-refractivity contribution in [2.24, 2.45) is 0 Å². The summed E-state index contributed by atoms with van der Waals surface area (Å²) in [5.41, 5.74) is 0. The van der Waals surface area contributed by atoms with Crippen LogP contribution in [0, 0.1) is 0 Å². The van der Waals surface area contributed by atoms with Gasteiger partial charge in [0.15, 0.2) is 6.10 Å². The Balaban J connectivity index is 4.44. The van der Waals surface area contributed by atoms with Crippen molar-refractivity contribution >= 4 is 17.9 Å². The molecule has 0 radical (unpaired) electrons. The quantitative estimate of drug-likeness (QED) is 0.0262. The number of rotatable bonds is 49. The van der Waals surface area contributed by atoms with Crippen molar-refractivity contribution in [2.45, 2.75) is 264 Å². The van der Waals surface area contributed by atoms with E-state index >= 15 is 0 Å². The number of hydrogen-bond acceptors (Lipinski definition) is 6. The average Bonchev–Trinajstić information content (AvgIpc) is 3.31. The summed E-state index contributed by atoms with van der Waals surface area (Å²) in [5, 5.41) is 0. The maximum atomic E-state index is 12.8. The second-order valence-corrected chi connectivity index (χ2v) is 18.1. The topological polar surface area (TPSA) is 78.9 Å². The van der Waals surface area contributed by atoms with Crippen LogP contribution < -0.4 is 0 Å². The number of allylic oxidation sites excluding steroid dienone is 14. The van der Waals surface area contributed by atoms with Crippen LogP contribution in [-0.2, 0) is 28.6 Å². The number of carbonyl (C=O) groups excluding carboxylic acids is 3. The predicted molar refractivity (Wildman–Crippen MR) is 284 cm³/mol. The Labute approximate surface area is 407 Å². The fraction of sp³-hybridized carbons (Fsp3) is 0.717. The Bertz CT molecular complexity index is 1290. The van der Waals surface area contributed by atoms with Gasteiger partial charge in [0, 0.05) is 19.3 Å². The summed E-state index contributed by atoms with van der Waals surface area (Å²) in [6.45, 7) is 6.45. The molecule has 0 aromatic heterocycles. The van der Waals surface area contributed by atoms with Gasteiger partial charge in [-0.25, -0.2) is 0 Å². The van der Waals surface area contributed by atoms with E-state index in [2.05, 4.69) is 106 Å². The van der Waals surface area contributed by atoms with Gasteiger partial charge in [0.2, 0.25) is 0 Å². The molecule has 6 nitrogen and oxygen atoms in total. The van der Waals surface area contributed by atoms with Crippen molar-refractivity contribution in [3.05, 3.63) is 85.1 Å². The molecule has 0 heterocycles. The van der Waals surface area contributed by atoms with E-state index < -0.39 is 6.10 Å². The van der Waals surface area contributed by atoms with Crippen molar-refractivity contribution in [3.63, 3.8) is 0 Å². The van der Waals surface area contributed by atoms with Crippen LogP contribution >= 0.6 is 0 Å². The molecule has 1 atom stereocenters. The molecule has 6 heteroatoms. The minimum absolute atomic E-state index is 0.0988. The number of ether oxygens (including phenoxy) is 3. The first-order valence-electron chi connectivity index (χ1n) is 27.6. The highest BCUT2D eigenvalue weighted by molar-refractivity contribution is 5.71.